The van der Waals surface area contributed by atoms with Crippen molar-refractivity contribution in [2.45, 2.75) is 11.5 Å². The molecule has 8 nitrogen and oxygen atoms in total. The van der Waals surface area contributed by atoms with E-state index >= 15 is 0 Å². The van der Waals surface area contributed by atoms with Crippen LogP contribution in [-0.4, -0.2) is 49.0 Å². The Hall–Kier alpha value is -3.94. The molecule has 1 aliphatic heterocycles. The van der Waals surface area contributed by atoms with Crippen molar-refractivity contribution in [3.63, 3.8) is 0 Å². The number of nitrogens with one attached hydrogen (secondary N) is 1. The molecule has 1 aromatic heterocycles. The van der Waals surface area contributed by atoms with E-state index in [4.69, 9.17) is 21.1 Å². The molecular weight excluding hydrogens is 652 g/mol. The van der Waals surface area contributed by atoms with E-state index in [1.165, 1.54) is 10.6 Å². The molecule has 0 spiro atoms. The lowest BCUT2D eigenvalue weighted by Gasteiger charge is -2.26. The van der Waals surface area contributed by atoms with Gasteiger partial charge < -0.3 is 14.8 Å². The lowest BCUT2D eigenvalue weighted by atomic mass is 10.0. The standard InChI is InChI=1S/C31H24ClF3N4O4S.ClH/c32-26-16-23(4-8-29(26)43-17-21-13-22(33)15-27(34)30(21)35)38-31-25-14-20(3-7-28(25)36-18-37-31)19-1-5-24(6-2-19)44(40,41)39-9-11-42-12-10-39;/h1-8,13-16,18H,9-12,17H2,(H,36,37,38);1H. The lowest BCUT2D eigenvalue weighted by molar-refractivity contribution is 0.0730. The molecule has 6 rings (SSSR count). The highest BCUT2D eigenvalue weighted by Gasteiger charge is 2.26. The molecule has 1 saturated heterocycles. The zero-order valence-corrected chi connectivity index (χ0v) is 25.7. The average molecular weight is 678 g/mol. The number of halogens is 5. The highest BCUT2D eigenvalue weighted by atomic mass is 35.5. The van der Waals surface area contributed by atoms with E-state index in [0.717, 1.165) is 17.2 Å². The first-order valence-electron chi connectivity index (χ1n) is 13.4. The maximum absolute atomic E-state index is 14.0. The number of nitrogens with zero attached hydrogens (tertiary/aromatic N) is 3. The number of benzene rings is 4. The Morgan fingerprint density at radius 1 is 0.911 bits per heavy atom. The van der Waals surface area contributed by atoms with Crippen molar-refractivity contribution in [3.05, 3.63) is 107 Å². The molecule has 2 heterocycles. The number of sulfonamides is 1. The number of morpholine rings is 1. The van der Waals surface area contributed by atoms with Gasteiger partial charge >= 0.3 is 0 Å². The van der Waals surface area contributed by atoms with Gasteiger partial charge in [0.05, 0.1) is 28.6 Å². The number of aromatic nitrogens is 2. The van der Waals surface area contributed by atoms with E-state index < -0.39 is 34.1 Å². The molecule has 0 amide bonds. The minimum atomic E-state index is -3.61. The van der Waals surface area contributed by atoms with Crippen LogP contribution >= 0.6 is 24.0 Å². The topological polar surface area (TPSA) is 93.7 Å². The Labute approximate surface area is 268 Å². The molecule has 45 heavy (non-hydrogen) atoms. The summed E-state index contributed by atoms with van der Waals surface area (Å²) in [6.45, 7) is 0.962. The van der Waals surface area contributed by atoms with E-state index in [2.05, 4.69) is 15.3 Å². The minimum Gasteiger partial charge on any atom is -0.487 e. The van der Waals surface area contributed by atoms with Crippen LogP contribution in [0.5, 0.6) is 5.75 Å². The molecule has 0 unspecified atom stereocenters. The van der Waals surface area contributed by atoms with Gasteiger partial charge in [-0.2, -0.15) is 4.31 Å². The highest BCUT2D eigenvalue weighted by Crippen LogP contribution is 2.33. The van der Waals surface area contributed by atoms with Crippen molar-refractivity contribution in [2.75, 3.05) is 31.6 Å². The van der Waals surface area contributed by atoms with Gasteiger partial charge in [0.1, 0.15) is 30.3 Å². The third kappa shape index (κ3) is 7.00. The monoisotopic (exact) mass is 676 g/mol. The average Bonchev–Trinajstić information content (AvgIpc) is 3.03. The molecule has 1 N–H and O–H groups in total. The van der Waals surface area contributed by atoms with Gasteiger partial charge in [0, 0.05) is 35.8 Å². The number of rotatable bonds is 8. The molecule has 1 fully saturated rings. The molecule has 0 bridgehead atoms. The molecule has 0 aliphatic carbocycles. The van der Waals surface area contributed by atoms with Gasteiger partial charge in [-0.3, -0.25) is 0 Å². The zero-order chi connectivity index (χ0) is 30.8. The van der Waals surface area contributed by atoms with Crippen LogP contribution in [0.25, 0.3) is 22.0 Å². The summed E-state index contributed by atoms with van der Waals surface area (Å²) in [6.07, 6.45) is 1.42. The van der Waals surface area contributed by atoms with Crippen LogP contribution in [0.2, 0.25) is 5.02 Å². The first kappa shape index (κ1) is 32.5. The van der Waals surface area contributed by atoms with Crippen molar-refractivity contribution in [1.29, 1.82) is 0 Å². The molecule has 14 heteroatoms. The third-order valence-electron chi connectivity index (χ3n) is 7.08. The largest absolute Gasteiger partial charge is 0.487 e. The van der Waals surface area contributed by atoms with Crippen LogP contribution in [0.1, 0.15) is 5.56 Å². The van der Waals surface area contributed by atoms with Crippen molar-refractivity contribution in [2.24, 2.45) is 0 Å². The van der Waals surface area contributed by atoms with E-state index in [9.17, 15) is 21.6 Å². The van der Waals surface area contributed by atoms with Crippen LogP contribution in [0, 0.1) is 17.5 Å². The van der Waals surface area contributed by atoms with Gasteiger partial charge in [-0.1, -0.05) is 29.8 Å². The van der Waals surface area contributed by atoms with Gasteiger partial charge in [-0.05, 0) is 59.7 Å². The molecule has 0 radical (unpaired) electrons. The van der Waals surface area contributed by atoms with Gasteiger partial charge in [-0.25, -0.2) is 31.6 Å². The normalized spacial score (nSPS) is 13.8. The van der Waals surface area contributed by atoms with Gasteiger partial charge in [0.25, 0.3) is 0 Å². The van der Waals surface area contributed by atoms with Crippen molar-refractivity contribution in [1.82, 2.24) is 14.3 Å². The van der Waals surface area contributed by atoms with Crippen molar-refractivity contribution < 1.29 is 31.1 Å². The molecule has 0 saturated carbocycles. The van der Waals surface area contributed by atoms with E-state index in [0.29, 0.717) is 54.8 Å². The summed E-state index contributed by atoms with van der Waals surface area (Å²) in [5.74, 6) is -2.73. The van der Waals surface area contributed by atoms with Crippen molar-refractivity contribution >= 4 is 56.4 Å². The van der Waals surface area contributed by atoms with Gasteiger partial charge in [0.15, 0.2) is 11.6 Å². The highest BCUT2D eigenvalue weighted by molar-refractivity contribution is 7.89. The maximum Gasteiger partial charge on any atom is 0.243 e. The molecular formula is C31H25Cl2F3N4O4S. The van der Waals surface area contributed by atoms with Crippen LogP contribution in [0.15, 0.2) is 84.0 Å². The maximum atomic E-state index is 14.0. The van der Waals surface area contributed by atoms with E-state index in [1.807, 2.05) is 18.2 Å². The number of ether oxygens (including phenoxy) is 2. The predicted molar refractivity (Wildman–Crippen MR) is 167 cm³/mol. The molecule has 234 valence electrons. The lowest BCUT2D eigenvalue weighted by Crippen LogP contribution is -2.40. The third-order valence-corrected chi connectivity index (χ3v) is 9.29. The Bertz CT molecular complexity index is 1960. The predicted octanol–water partition coefficient (Wildman–Crippen LogP) is 7.13. The van der Waals surface area contributed by atoms with Crippen LogP contribution < -0.4 is 10.1 Å². The summed E-state index contributed by atoms with van der Waals surface area (Å²) in [5.41, 5.74) is 2.59. The fourth-order valence-electron chi connectivity index (χ4n) is 4.79. The first-order chi connectivity index (χ1) is 21.2. The fourth-order valence-corrected chi connectivity index (χ4v) is 6.44. The summed E-state index contributed by atoms with van der Waals surface area (Å²) in [6, 6.07) is 18.4. The Morgan fingerprint density at radius 2 is 1.64 bits per heavy atom. The quantitative estimate of drug-likeness (QED) is 0.175. The molecule has 5 aromatic rings. The molecule has 4 aromatic carbocycles. The van der Waals surface area contributed by atoms with Gasteiger partial charge in [-0.15, -0.1) is 12.4 Å². The number of hydrogen-bond acceptors (Lipinski definition) is 7. The van der Waals surface area contributed by atoms with E-state index in [-0.39, 0.29) is 33.6 Å². The molecule has 0 atom stereocenters. The summed E-state index contributed by atoms with van der Waals surface area (Å²) >= 11 is 6.39. The summed E-state index contributed by atoms with van der Waals surface area (Å²) in [4.78, 5) is 8.94. The smallest absolute Gasteiger partial charge is 0.243 e. The Balaban J connectivity index is 0.00000400. The van der Waals surface area contributed by atoms with Crippen LogP contribution in [-0.2, 0) is 21.4 Å². The van der Waals surface area contributed by atoms with Crippen LogP contribution in [0.3, 0.4) is 0 Å². The molecule has 1 aliphatic rings. The first-order valence-corrected chi connectivity index (χ1v) is 15.3. The zero-order valence-electron chi connectivity index (χ0n) is 23.3. The summed E-state index contributed by atoms with van der Waals surface area (Å²) in [7, 11) is -3.61. The summed E-state index contributed by atoms with van der Waals surface area (Å²) < 4.78 is 79.2. The van der Waals surface area contributed by atoms with Crippen molar-refractivity contribution in [3.8, 4) is 16.9 Å². The van der Waals surface area contributed by atoms with Crippen LogP contribution in [0.4, 0.5) is 24.7 Å². The number of fused-ring (bicyclic) bond motifs is 1. The minimum absolute atomic E-state index is 0. The Morgan fingerprint density at radius 3 is 2.38 bits per heavy atom. The second-order valence-electron chi connectivity index (χ2n) is 9.91. The number of hydrogen-bond donors (Lipinski definition) is 1. The second kappa shape index (κ2) is 13.6. The van der Waals surface area contributed by atoms with Gasteiger partial charge in [0.2, 0.25) is 10.0 Å². The SMILES string of the molecule is Cl.O=S(=O)(c1ccc(-c2ccc3ncnc(Nc4ccc(OCc5cc(F)cc(F)c5F)c(Cl)c4)c3c2)cc1)N1CCOCC1. The fraction of sp³-hybridized carbons (Fsp3) is 0.161. The van der Waals surface area contributed by atoms with E-state index in [1.54, 1.807) is 42.5 Å². The second-order valence-corrected chi connectivity index (χ2v) is 12.3. The number of anilines is 2. The Kier molecular flexibility index (Phi) is 9.80. The summed E-state index contributed by atoms with van der Waals surface area (Å²) in [5, 5.41) is 4.09.